The molecule has 1 N–H and O–H groups in total. The minimum Gasteiger partial charge on any atom is -0.467 e. The molecule has 1 aromatic carbocycles. The molecule has 0 aliphatic carbocycles. The Morgan fingerprint density at radius 2 is 2.25 bits per heavy atom. The van der Waals surface area contributed by atoms with Crippen molar-refractivity contribution in [2.45, 2.75) is 19.4 Å². The van der Waals surface area contributed by atoms with E-state index < -0.39 is 0 Å². The summed E-state index contributed by atoms with van der Waals surface area (Å²) in [5.41, 5.74) is 1.03. The van der Waals surface area contributed by atoms with E-state index in [1.54, 1.807) is 17.6 Å². The van der Waals surface area contributed by atoms with E-state index in [1.807, 2.05) is 30.3 Å². The quantitative estimate of drug-likeness (QED) is 0.790. The molecule has 0 radical (unpaired) electrons. The number of hydrogen-bond acceptors (Lipinski definition) is 5. The first kappa shape index (κ1) is 15.2. The number of fused-ring (bicyclic) bond motifs is 1. The van der Waals surface area contributed by atoms with Gasteiger partial charge >= 0.3 is 0 Å². The third-order valence-corrected chi connectivity index (χ3v) is 5.46. The predicted molar refractivity (Wildman–Crippen MR) is 95.1 cm³/mol. The van der Waals surface area contributed by atoms with Crippen molar-refractivity contribution in [3.05, 3.63) is 48.4 Å². The number of carbonyl (C=O) groups excluding carboxylic acids is 1. The van der Waals surface area contributed by atoms with E-state index in [0.717, 1.165) is 42.3 Å². The van der Waals surface area contributed by atoms with Gasteiger partial charge in [0.05, 0.1) is 28.9 Å². The van der Waals surface area contributed by atoms with E-state index in [1.165, 1.54) is 4.70 Å². The fourth-order valence-electron chi connectivity index (χ4n) is 3.09. The van der Waals surface area contributed by atoms with Gasteiger partial charge in [-0.2, -0.15) is 0 Å². The topological polar surface area (TPSA) is 58.4 Å². The summed E-state index contributed by atoms with van der Waals surface area (Å²) >= 11 is 1.70. The Balaban J connectivity index is 1.42. The van der Waals surface area contributed by atoms with E-state index in [9.17, 15) is 4.79 Å². The molecule has 3 heterocycles. The molecule has 1 aliphatic rings. The highest BCUT2D eigenvalue weighted by Gasteiger charge is 2.27. The van der Waals surface area contributed by atoms with Crippen LogP contribution in [0.15, 0.2) is 47.1 Å². The number of nitrogens with one attached hydrogen (secondary N) is 1. The van der Waals surface area contributed by atoms with Crippen molar-refractivity contribution in [1.29, 1.82) is 0 Å². The van der Waals surface area contributed by atoms with Crippen LogP contribution in [-0.2, 0) is 11.3 Å². The van der Waals surface area contributed by atoms with Gasteiger partial charge in [-0.05, 0) is 37.1 Å². The summed E-state index contributed by atoms with van der Waals surface area (Å²) in [6, 6.07) is 11.9. The third-order valence-electron chi connectivity index (χ3n) is 4.36. The Labute approximate surface area is 144 Å². The van der Waals surface area contributed by atoms with Crippen molar-refractivity contribution < 1.29 is 9.21 Å². The molecule has 5 nitrogen and oxygen atoms in total. The Hall–Kier alpha value is -2.34. The van der Waals surface area contributed by atoms with Crippen molar-refractivity contribution in [2.24, 2.45) is 5.92 Å². The van der Waals surface area contributed by atoms with Crippen LogP contribution in [0.5, 0.6) is 0 Å². The van der Waals surface area contributed by atoms with Gasteiger partial charge in [-0.1, -0.05) is 23.5 Å². The zero-order chi connectivity index (χ0) is 16.4. The number of rotatable bonds is 4. The fourth-order valence-corrected chi connectivity index (χ4v) is 4.09. The summed E-state index contributed by atoms with van der Waals surface area (Å²) in [7, 11) is 0. The lowest BCUT2D eigenvalue weighted by molar-refractivity contribution is -0.125. The number of amides is 1. The van der Waals surface area contributed by atoms with E-state index in [4.69, 9.17) is 9.40 Å². The van der Waals surface area contributed by atoms with Crippen molar-refractivity contribution in [2.75, 3.05) is 18.0 Å². The second kappa shape index (κ2) is 6.65. The molecule has 1 aliphatic heterocycles. The number of piperidine rings is 1. The van der Waals surface area contributed by atoms with E-state index in [-0.39, 0.29) is 11.8 Å². The van der Waals surface area contributed by atoms with Crippen LogP contribution in [-0.4, -0.2) is 24.0 Å². The summed E-state index contributed by atoms with van der Waals surface area (Å²) in [5.74, 6) is 0.875. The average molecular weight is 341 g/mol. The van der Waals surface area contributed by atoms with Crippen molar-refractivity contribution in [3.63, 3.8) is 0 Å². The maximum Gasteiger partial charge on any atom is 0.225 e. The molecule has 0 saturated carbocycles. The number of carbonyl (C=O) groups is 1. The molecule has 3 aromatic rings. The van der Waals surface area contributed by atoms with Crippen LogP contribution in [0.1, 0.15) is 18.6 Å². The van der Waals surface area contributed by atoms with Gasteiger partial charge < -0.3 is 14.6 Å². The van der Waals surface area contributed by atoms with Crippen LogP contribution in [0.3, 0.4) is 0 Å². The van der Waals surface area contributed by atoms with Crippen LogP contribution >= 0.6 is 11.3 Å². The Kier molecular flexibility index (Phi) is 4.21. The molecule has 6 heteroatoms. The first-order valence-corrected chi connectivity index (χ1v) is 9.02. The first-order chi connectivity index (χ1) is 11.8. The zero-order valence-electron chi connectivity index (χ0n) is 13.3. The number of benzene rings is 1. The number of thiazole rings is 1. The number of anilines is 1. The monoisotopic (exact) mass is 341 g/mol. The average Bonchev–Trinajstić information content (AvgIpc) is 3.29. The van der Waals surface area contributed by atoms with Crippen molar-refractivity contribution in [3.8, 4) is 0 Å². The smallest absolute Gasteiger partial charge is 0.225 e. The molecule has 0 unspecified atom stereocenters. The fraction of sp³-hybridized carbons (Fsp3) is 0.333. The van der Waals surface area contributed by atoms with E-state index >= 15 is 0 Å². The number of furan rings is 1. The number of hydrogen-bond donors (Lipinski definition) is 1. The van der Waals surface area contributed by atoms with Gasteiger partial charge in [0.15, 0.2) is 5.13 Å². The van der Waals surface area contributed by atoms with Gasteiger partial charge in [-0.3, -0.25) is 4.79 Å². The van der Waals surface area contributed by atoms with Crippen molar-refractivity contribution in [1.82, 2.24) is 10.3 Å². The van der Waals surface area contributed by atoms with Gasteiger partial charge in [-0.25, -0.2) is 4.98 Å². The SMILES string of the molecule is O=C(NCc1ccco1)[C@H]1CCCN(c2nc3ccccc3s2)C1. The van der Waals surface area contributed by atoms with Gasteiger partial charge in [0.25, 0.3) is 0 Å². The van der Waals surface area contributed by atoms with Crippen LogP contribution in [0.2, 0.25) is 0 Å². The molecule has 4 rings (SSSR count). The maximum absolute atomic E-state index is 12.4. The lowest BCUT2D eigenvalue weighted by atomic mass is 9.97. The lowest BCUT2D eigenvalue weighted by Gasteiger charge is -2.31. The Morgan fingerprint density at radius 3 is 3.08 bits per heavy atom. The standard InChI is InChI=1S/C18H19N3O2S/c22-17(19-11-14-6-4-10-23-14)13-5-3-9-21(12-13)18-20-15-7-1-2-8-16(15)24-18/h1-2,4,6-8,10,13H,3,5,9,11-12H2,(H,19,22)/t13-/m0/s1. The Morgan fingerprint density at radius 1 is 1.33 bits per heavy atom. The number of nitrogens with zero attached hydrogens (tertiary/aromatic N) is 2. The van der Waals surface area contributed by atoms with E-state index in [0.29, 0.717) is 6.54 Å². The predicted octanol–water partition coefficient (Wildman–Crippen LogP) is 3.42. The van der Waals surface area contributed by atoms with Crippen LogP contribution in [0.4, 0.5) is 5.13 Å². The third kappa shape index (κ3) is 3.14. The largest absolute Gasteiger partial charge is 0.467 e. The maximum atomic E-state index is 12.4. The Bertz CT molecular complexity index is 795. The van der Waals surface area contributed by atoms with Gasteiger partial charge in [0.1, 0.15) is 5.76 Å². The van der Waals surface area contributed by atoms with Crippen molar-refractivity contribution >= 4 is 32.6 Å². The molecule has 0 spiro atoms. The summed E-state index contributed by atoms with van der Waals surface area (Å²) in [6.07, 6.45) is 3.55. The molecule has 124 valence electrons. The minimum absolute atomic E-state index is 0.000671. The molecule has 1 amide bonds. The highest BCUT2D eigenvalue weighted by Crippen LogP contribution is 2.31. The normalized spacial score (nSPS) is 18.0. The number of aromatic nitrogens is 1. The van der Waals surface area contributed by atoms with Crippen LogP contribution < -0.4 is 10.2 Å². The molecular formula is C18H19N3O2S. The van der Waals surface area contributed by atoms with Crippen LogP contribution in [0.25, 0.3) is 10.2 Å². The zero-order valence-corrected chi connectivity index (χ0v) is 14.1. The van der Waals surface area contributed by atoms with Gasteiger partial charge in [-0.15, -0.1) is 0 Å². The van der Waals surface area contributed by atoms with E-state index in [2.05, 4.69) is 16.3 Å². The molecule has 0 bridgehead atoms. The summed E-state index contributed by atoms with van der Waals surface area (Å²) < 4.78 is 6.45. The highest BCUT2D eigenvalue weighted by atomic mass is 32.1. The van der Waals surface area contributed by atoms with Gasteiger partial charge in [0, 0.05) is 13.1 Å². The summed E-state index contributed by atoms with van der Waals surface area (Å²) in [5, 5.41) is 3.99. The molecule has 1 saturated heterocycles. The lowest BCUT2D eigenvalue weighted by Crippen LogP contribution is -2.42. The number of para-hydroxylation sites is 1. The molecule has 2 aromatic heterocycles. The van der Waals surface area contributed by atoms with Gasteiger partial charge in [0.2, 0.25) is 5.91 Å². The minimum atomic E-state index is 0.000671. The second-order valence-electron chi connectivity index (χ2n) is 6.05. The summed E-state index contributed by atoms with van der Waals surface area (Å²) in [6.45, 7) is 2.13. The molecule has 1 fully saturated rings. The molecule has 1 atom stereocenters. The molecular weight excluding hydrogens is 322 g/mol. The summed E-state index contributed by atoms with van der Waals surface area (Å²) in [4.78, 5) is 19.4. The molecule has 24 heavy (non-hydrogen) atoms. The first-order valence-electron chi connectivity index (χ1n) is 8.20. The second-order valence-corrected chi connectivity index (χ2v) is 7.06. The highest BCUT2D eigenvalue weighted by molar-refractivity contribution is 7.22. The van der Waals surface area contributed by atoms with Crippen LogP contribution in [0, 0.1) is 5.92 Å².